The molecule has 0 aliphatic carbocycles. The summed E-state index contributed by atoms with van der Waals surface area (Å²) >= 11 is 0. The molecule has 2 heterocycles. The summed E-state index contributed by atoms with van der Waals surface area (Å²) in [5, 5.41) is 4.69. The number of aromatic nitrogens is 4. The summed E-state index contributed by atoms with van der Waals surface area (Å²) in [7, 11) is 1.61. The van der Waals surface area contributed by atoms with E-state index >= 15 is 0 Å². The number of benzene rings is 1. The molecule has 19 heavy (non-hydrogen) atoms. The Balaban J connectivity index is 2.22. The number of rotatable bonds is 2. The molecular formula is C13H12N4O2. The van der Waals surface area contributed by atoms with E-state index < -0.39 is 0 Å². The van der Waals surface area contributed by atoms with Crippen LogP contribution in [0.4, 0.5) is 0 Å². The largest absolute Gasteiger partial charge is 0.497 e. The fraction of sp³-hybridized carbons (Fsp3) is 0.154. The molecule has 1 N–H and O–H groups in total. The summed E-state index contributed by atoms with van der Waals surface area (Å²) in [6, 6.07) is 7.40. The van der Waals surface area contributed by atoms with E-state index in [1.54, 1.807) is 18.7 Å². The van der Waals surface area contributed by atoms with Crippen molar-refractivity contribution in [3.05, 3.63) is 46.6 Å². The van der Waals surface area contributed by atoms with Crippen LogP contribution in [0.5, 0.6) is 5.75 Å². The van der Waals surface area contributed by atoms with Gasteiger partial charge in [-0.2, -0.15) is 5.10 Å². The zero-order valence-electron chi connectivity index (χ0n) is 10.5. The van der Waals surface area contributed by atoms with Gasteiger partial charge in [0.05, 0.1) is 19.0 Å². The monoisotopic (exact) mass is 256 g/mol. The maximum Gasteiger partial charge on any atom is 0.262 e. The number of hydrogen-bond donors (Lipinski definition) is 1. The van der Waals surface area contributed by atoms with E-state index in [0.29, 0.717) is 16.9 Å². The third-order valence-electron chi connectivity index (χ3n) is 2.87. The van der Waals surface area contributed by atoms with Crippen LogP contribution in [0.15, 0.2) is 35.3 Å². The topological polar surface area (TPSA) is 72.8 Å². The van der Waals surface area contributed by atoms with E-state index in [1.165, 1.54) is 6.20 Å². The van der Waals surface area contributed by atoms with E-state index in [4.69, 9.17) is 4.74 Å². The van der Waals surface area contributed by atoms with Gasteiger partial charge in [0, 0.05) is 0 Å². The molecule has 0 unspecified atom stereocenters. The molecule has 0 bridgehead atoms. The predicted octanol–water partition coefficient (Wildman–Crippen LogP) is 1.43. The van der Waals surface area contributed by atoms with Crippen molar-refractivity contribution in [3.8, 4) is 11.4 Å². The molecule has 0 spiro atoms. The van der Waals surface area contributed by atoms with Crippen molar-refractivity contribution in [3.63, 3.8) is 0 Å². The van der Waals surface area contributed by atoms with E-state index in [9.17, 15) is 4.79 Å². The molecule has 3 aromatic rings. The first-order chi connectivity index (χ1) is 9.19. The number of nitrogens with one attached hydrogen (secondary N) is 1. The fourth-order valence-electron chi connectivity index (χ4n) is 1.94. The highest BCUT2D eigenvalue weighted by molar-refractivity contribution is 5.75. The Morgan fingerprint density at radius 3 is 2.68 bits per heavy atom. The van der Waals surface area contributed by atoms with Gasteiger partial charge in [-0.25, -0.2) is 9.67 Å². The third-order valence-corrected chi connectivity index (χ3v) is 2.87. The minimum atomic E-state index is -0.178. The molecule has 0 atom stereocenters. The van der Waals surface area contributed by atoms with Crippen molar-refractivity contribution >= 4 is 11.0 Å². The normalized spacial score (nSPS) is 10.8. The standard InChI is InChI=1S/C13H12N4O2/c1-8-15-12-11(13(18)16-8)7-14-17(12)9-3-5-10(19-2)6-4-9/h3-7H,1-2H3,(H,15,16,18). The highest BCUT2D eigenvalue weighted by Gasteiger charge is 2.10. The van der Waals surface area contributed by atoms with E-state index in [0.717, 1.165) is 11.4 Å². The van der Waals surface area contributed by atoms with Crippen molar-refractivity contribution in [2.24, 2.45) is 0 Å². The number of ether oxygens (including phenoxy) is 1. The van der Waals surface area contributed by atoms with Crippen LogP contribution in [0, 0.1) is 6.92 Å². The summed E-state index contributed by atoms with van der Waals surface area (Å²) in [6.45, 7) is 1.74. The van der Waals surface area contributed by atoms with E-state index in [-0.39, 0.29) is 5.56 Å². The molecule has 0 saturated heterocycles. The third kappa shape index (κ3) is 1.87. The molecule has 2 aromatic heterocycles. The zero-order chi connectivity index (χ0) is 13.4. The Hall–Kier alpha value is -2.63. The molecule has 6 nitrogen and oxygen atoms in total. The van der Waals surface area contributed by atoms with Gasteiger partial charge in [-0.3, -0.25) is 4.79 Å². The number of H-pyrrole nitrogens is 1. The highest BCUT2D eigenvalue weighted by Crippen LogP contribution is 2.17. The quantitative estimate of drug-likeness (QED) is 0.752. The molecule has 3 rings (SSSR count). The molecule has 0 amide bonds. The van der Waals surface area contributed by atoms with Crippen LogP contribution < -0.4 is 10.3 Å². The lowest BCUT2D eigenvalue weighted by atomic mass is 10.3. The lowest BCUT2D eigenvalue weighted by Crippen LogP contribution is -2.10. The van der Waals surface area contributed by atoms with Gasteiger partial charge in [0.15, 0.2) is 5.65 Å². The van der Waals surface area contributed by atoms with Gasteiger partial charge in [0.25, 0.3) is 5.56 Å². The predicted molar refractivity (Wildman–Crippen MR) is 70.8 cm³/mol. The van der Waals surface area contributed by atoms with Crippen molar-refractivity contribution < 1.29 is 4.74 Å². The van der Waals surface area contributed by atoms with Crippen molar-refractivity contribution in [2.45, 2.75) is 6.92 Å². The van der Waals surface area contributed by atoms with Gasteiger partial charge in [-0.1, -0.05) is 0 Å². The second-order valence-electron chi connectivity index (χ2n) is 4.14. The summed E-state index contributed by atoms with van der Waals surface area (Å²) < 4.78 is 6.75. The Morgan fingerprint density at radius 2 is 2.00 bits per heavy atom. The molecule has 96 valence electrons. The SMILES string of the molecule is COc1ccc(-n2ncc3c(=O)[nH]c(C)nc32)cc1. The fourth-order valence-corrected chi connectivity index (χ4v) is 1.94. The highest BCUT2D eigenvalue weighted by atomic mass is 16.5. The summed E-state index contributed by atoms with van der Waals surface area (Å²) in [5.74, 6) is 1.33. The van der Waals surface area contributed by atoms with E-state index in [1.807, 2.05) is 24.3 Å². The number of aryl methyl sites for hydroxylation is 1. The van der Waals surface area contributed by atoms with Crippen molar-refractivity contribution in [1.82, 2.24) is 19.7 Å². The van der Waals surface area contributed by atoms with E-state index in [2.05, 4.69) is 15.1 Å². The summed E-state index contributed by atoms with van der Waals surface area (Å²) in [6.07, 6.45) is 1.52. The van der Waals surface area contributed by atoms with Crippen LogP contribution in [-0.2, 0) is 0 Å². The molecule has 0 fully saturated rings. The number of hydrogen-bond acceptors (Lipinski definition) is 4. The van der Waals surface area contributed by atoms with Crippen LogP contribution in [0.2, 0.25) is 0 Å². The van der Waals surface area contributed by atoms with Gasteiger partial charge in [-0.05, 0) is 31.2 Å². The molecule has 0 radical (unpaired) electrons. The average molecular weight is 256 g/mol. The smallest absolute Gasteiger partial charge is 0.262 e. The number of nitrogens with zero attached hydrogens (tertiary/aromatic N) is 3. The van der Waals surface area contributed by atoms with Crippen LogP contribution in [0.3, 0.4) is 0 Å². The lowest BCUT2D eigenvalue weighted by molar-refractivity contribution is 0.414. The van der Waals surface area contributed by atoms with Gasteiger partial charge < -0.3 is 9.72 Å². The van der Waals surface area contributed by atoms with Crippen molar-refractivity contribution in [2.75, 3.05) is 7.11 Å². The second-order valence-corrected chi connectivity index (χ2v) is 4.14. The van der Waals surface area contributed by atoms with Crippen LogP contribution in [0.1, 0.15) is 5.82 Å². The average Bonchev–Trinajstić information content (AvgIpc) is 2.83. The molecule has 1 aromatic carbocycles. The number of methoxy groups -OCH3 is 1. The second kappa shape index (κ2) is 4.24. The van der Waals surface area contributed by atoms with Gasteiger partial charge in [0.1, 0.15) is 17.0 Å². The Labute approximate surface area is 108 Å². The minimum Gasteiger partial charge on any atom is -0.497 e. The first-order valence-corrected chi connectivity index (χ1v) is 5.78. The maximum absolute atomic E-state index is 11.8. The van der Waals surface area contributed by atoms with Crippen LogP contribution >= 0.6 is 0 Å². The van der Waals surface area contributed by atoms with Crippen LogP contribution in [0.25, 0.3) is 16.7 Å². The zero-order valence-corrected chi connectivity index (χ0v) is 10.5. The van der Waals surface area contributed by atoms with Crippen LogP contribution in [-0.4, -0.2) is 26.9 Å². The molecular weight excluding hydrogens is 244 g/mol. The Morgan fingerprint density at radius 1 is 1.26 bits per heavy atom. The summed E-state index contributed by atoms with van der Waals surface area (Å²) in [4.78, 5) is 18.8. The first kappa shape index (κ1) is 11.5. The van der Waals surface area contributed by atoms with Gasteiger partial charge in [-0.15, -0.1) is 0 Å². The minimum absolute atomic E-state index is 0.178. The number of aromatic amines is 1. The van der Waals surface area contributed by atoms with Crippen molar-refractivity contribution in [1.29, 1.82) is 0 Å². The summed E-state index contributed by atoms with van der Waals surface area (Å²) in [5.41, 5.74) is 1.20. The molecule has 0 saturated carbocycles. The van der Waals surface area contributed by atoms with Gasteiger partial charge in [0.2, 0.25) is 0 Å². The Bertz CT molecular complexity index is 787. The first-order valence-electron chi connectivity index (χ1n) is 5.78. The molecule has 6 heteroatoms. The number of fused-ring (bicyclic) bond motifs is 1. The Kier molecular flexibility index (Phi) is 2.56. The molecule has 0 aliphatic heterocycles. The molecule has 0 aliphatic rings. The van der Waals surface area contributed by atoms with Gasteiger partial charge >= 0.3 is 0 Å². The maximum atomic E-state index is 11.8. The lowest BCUT2D eigenvalue weighted by Gasteiger charge is -2.04.